The molecule has 1 aliphatic carbocycles. The second-order valence-corrected chi connectivity index (χ2v) is 13.3. The molecule has 0 aromatic heterocycles. The predicted octanol–water partition coefficient (Wildman–Crippen LogP) is 13.8. The molecule has 0 saturated carbocycles. The van der Waals surface area contributed by atoms with Crippen molar-refractivity contribution >= 4 is 50.0 Å². The molecule has 2 nitrogen and oxygen atoms in total. The number of allylic oxidation sites excluding steroid dienone is 2. The summed E-state index contributed by atoms with van der Waals surface area (Å²) >= 11 is 0. The molecule has 1 aliphatic rings. The number of fused-ring (bicyclic) bond motifs is 2. The van der Waals surface area contributed by atoms with Crippen molar-refractivity contribution in [3.05, 3.63) is 212 Å². The Hall–Kier alpha value is -6.64. The molecule has 52 heavy (non-hydrogen) atoms. The molecule has 0 heterocycles. The molecule has 1 atom stereocenters. The lowest BCUT2D eigenvalue weighted by Gasteiger charge is -2.33. The van der Waals surface area contributed by atoms with Crippen molar-refractivity contribution in [3.63, 3.8) is 0 Å². The molecule has 0 N–H and O–H groups in total. The molecular weight excluding hydrogens is 629 g/mol. The predicted molar refractivity (Wildman–Crippen MR) is 222 cm³/mol. The summed E-state index contributed by atoms with van der Waals surface area (Å²) < 4.78 is 0. The molecule has 2 heteroatoms. The summed E-state index contributed by atoms with van der Waals surface area (Å²) in [6.45, 7) is 0. The van der Waals surface area contributed by atoms with Gasteiger partial charge in [-0.1, -0.05) is 152 Å². The fourth-order valence-corrected chi connectivity index (χ4v) is 7.81. The smallest absolute Gasteiger partial charge is 0.0559 e. The number of hydrogen-bond acceptors (Lipinski definition) is 2. The van der Waals surface area contributed by atoms with Crippen molar-refractivity contribution in [1.29, 1.82) is 0 Å². The van der Waals surface area contributed by atoms with E-state index in [9.17, 15) is 0 Å². The van der Waals surface area contributed by atoms with Crippen LogP contribution in [0.4, 0.5) is 28.4 Å². The topological polar surface area (TPSA) is 6.48 Å². The maximum atomic E-state index is 2.49. The number of nitrogens with zero attached hydrogens (tertiary/aromatic N) is 2. The zero-order valence-electron chi connectivity index (χ0n) is 28.9. The quantitative estimate of drug-likeness (QED) is 0.149. The Labute approximate surface area is 305 Å². The van der Waals surface area contributed by atoms with E-state index in [0.29, 0.717) is 0 Å². The standard InChI is InChI=1S/C50H38N2/c1-7-19-37(20-8-1)49-45-33-31-44(52(41-27-15-5-16-28-41)42-29-17-6-18-30-42)36-48(45)50(38-21-9-2-10-22-38)46-34-32-43(35-47(46)49)51(39-23-11-3-12-24-39)40-25-13-4-14-26-40/h1-29,31-36,42H,30H2. The second kappa shape index (κ2) is 13.9. The SMILES string of the molecule is C1=CCC(N(c2ccccc2)c2ccc3c(-c4ccccc4)c4cc(N(c5ccccc5)c5ccccc5)ccc4c(-c4ccccc4)c3c2)C=C1. The first-order valence-electron chi connectivity index (χ1n) is 18.1. The molecular formula is C50H38N2. The Morgan fingerprint density at radius 3 is 1.29 bits per heavy atom. The molecule has 1 unspecified atom stereocenters. The van der Waals surface area contributed by atoms with E-state index >= 15 is 0 Å². The van der Waals surface area contributed by atoms with Crippen molar-refractivity contribution in [1.82, 2.24) is 0 Å². The van der Waals surface area contributed by atoms with Crippen LogP contribution in [0.1, 0.15) is 6.42 Å². The third-order valence-corrected chi connectivity index (χ3v) is 10.1. The molecule has 0 radical (unpaired) electrons. The van der Waals surface area contributed by atoms with Crippen LogP contribution in [0, 0.1) is 0 Å². The fourth-order valence-electron chi connectivity index (χ4n) is 7.81. The Bertz CT molecular complexity index is 2480. The van der Waals surface area contributed by atoms with Crippen molar-refractivity contribution < 1.29 is 0 Å². The maximum absolute atomic E-state index is 2.49. The highest BCUT2D eigenvalue weighted by Crippen LogP contribution is 2.47. The first kappa shape index (κ1) is 31.3. The van der Waals surface area contributed by atoms with Crippen LogP contribution in [-0.2, 0) is 0 Å². The van der Waals surface area contributed by atoms with Crippen LogP contribution in [0.5, 0.6) is 0 Å². The highest BCUT2D eigenvalue weighted by atomic mass is 15.2. The van der Waals surface area contributed by atoms with Gasteiger partial charge in [-0.2, -0.15) is 0 Å². The van der Waals surface area contributed by atoms with Gasteiger partial charge in [0.1, 0.15) is 0 Å². The molecule has 0 bridgehead atoms. The Morgan fingerprint density at radius 1 is 0.365 bits per heavy atom. The largest absolute Gasteiger partial charge is 0.334 e. The highest BCUT2D eigenvalue weighted by Gasteiger charge is 2.23. The van der Waals surface area contributed by atoms with Crippen LogP contribution < -0.4 is 9.80 Å². The van der Waals surface area contributed by atoms with E-state index in [1.165, 1.54) is 55.2 Å². The second-order valence-electron chi connectivity index (χ2n) is 13.3. The average molecular weight is 667 g/mol. The van der Waals surface area contributed by atoms with Gasteiger partial charge in [0.25, 0.3) is 0 Å². The summed E-state index contributed by atoms with van der Waals surface area (Å²) in [6, 6.07) is 68.3. The van der Waals surface area contributed by atoms with Crippen LogP contribution in [0.3, 0.4) is 0 Å². The number of benzene rings is 8. The van der Waals surface area contributed by atoms with Crippen LogP contribution >= 0.6 is 0 Å². The number of hydrogen-bond donors (Lipinski definition) is 0. The third kappa shape index (κ3) is 5.85. The summed E-state index contributed by atoms with van der Waals surface area (Å²) in [7, 11) is 0. The average Bonchev–Trinajstić information content (AvgIpc) is 3.22. The highest BCUT2D eigenvalue weighted by molar-refractivity contribution is 6.22. The molecule has 0 spiro atoms. The summed E-state index contributed by atoms with van der Waals surface area (Å²) in [5, 5.41) is 4.92. The maximum Gasteiger partial charge on any atom is 0.0559 e. The van der Waals surface area contributed by atoms with Crippen molar-refractivity contribution in [2.24, 2.45) is 0 Å². The zero-order valence-corrected chi connectivity index (χ0v) is 28.9. The molecule has 9 rings (SSSR count). The number of rotatable bonds is 8. The fraction of sp³-hybridized carbons (Fsp3) is 0.0400. The van der Waals surface area contributed by atoms with Gasteiger partial charge in [0.2, 0.25) is 0 Å². The zero-order chi connectivity index (χ0) is 34.7. The summed E-state index contributed by atoms with van der Waals surface area (Å²) in [6.07, 6.45) is 9.86. The first-order valence-corrected chi connectivity index (χ1v) is 18.1. The van der Waals surface area contributed by atoms with E-state index in [-0.39, 0.29) is 6.04 Å². The summed E-state index contributed by atoms with van der Waals surface area (Å²) in [4.78, 5) is 4.84. The van der Waals surface area contributed by atoms with E-state index in [4.69, 9.17) is 0 Å². The molecule has 8 aromatic rings. The minimum Gasteiger partial charge on any atom is -0.334 e. The Morgan fingerprint density at radius 2 is 0.808 bits per heavy atom. The Kier molecular flexibility index (Phi) is 8.40. The van der Waals surface area contributed by atoms with Crippen LogP contribution in [0.25, 0.3) is 43.8 Å². The molecule has 0 fully saturated rings. The van der Waals surface area contributed by atoms with E-state index in [1.807, 2.05) is 0 Å². The van der Waals surface area contributed by atoms with E-state index in [0.717, 1.165) is 23.5 Å². The van der Waals surface area contributed by atoms with Crippen molar-refractivity contribution in [2.45, 2.75) is 12.5 Å². The number of para-hydroxylation sites is 3. The first-order chi connectivity index (χ1) is 25.8. The lowest BCUT2D eigenvalue weighted by atomic mass is 9.85. The lowest BCUT2D eigenvalue weighted by molar-refractivity contribution is 0.785. The monoisotopic (exact) mass is 666 g/mol. The van der Waals surface area contributed by atoms with Gasteiger partial charge < -0.3 is 9.80 Å². The summed E-state index contributed by atoms with van der Waals surface area (Å²) in [5.74, 6) is 0. The summed E-state index contributed by atoms with van der Waals surface area (Å²) in [5.41, 5.74) is 10.6. The Balaban J connectivity index is 1.36. The van der Waals surface area contributed by atoms with Crippen LogP contribution in [0.2, 0.25) is 0 Å². The van der Waals surface area contributed by atoms with Gasteiger partial charge >= 0.3 is 0 Å². The van der Waals surface area contributed by atoms with Gasteiger partial charge in [0, 0.05) is 28.4 Å². The molecule has 0 saturated heterocycles. The van der Waals surface area contributed by atoms with Crippen molar-refractivity contribution in [3.8, 4) is 22.3 Å². The number of anilines is 5. The molecule has 0 amide bonds. The molecule has 8 aromatic carbocycles. The van der Waals surface area contributed by atoms with Gasteiger partial charge in [-0.25, -0.2) is 0 Å². The van der Waals surface area contributed by atoms with Gasteiger partial charge in [0.15, 0.2) is 0 Å². The van der Waals surface area contributed by atoms with Gasteiger partial charge in [-0.05, 0) is 111 Å². The normalized spacial score (nSPS) is 13.7. The molecule has 248 valence electrons. The van der Waals surface area contributed by atoms with Gasteiger partial charge in [-0.3, -0.25) is 0 Å². The van der Waals surface area contributed by atoms with Crippen LogP contribution in [-0.4, -0.2) is 6.04 Å². The van der Waals surface area contributed by atoms with Crippen molar-refractivity contribution in [2.75, 3.05) is 9.80 Å². The van der Waals surface area contributed by atoms with Gasteiger partial charge in [-0.15, -0.1) is 0 Å². The van der Waals surface area contributed by atoms with E-state index in [2.05, 4.69) is 222 Å². The minimum absolute atomic E-state index is 0.212. The third-order valence-electron chi connectivity index (χ3n) is 10.1. The van der Waals surface area contributed by atoms with E-state index < -0.39 is 0 Å². The van der Waals surface area contributed by atoms with E-state index in [1.54, 1.807) is 0 Å². The lowest BCUT2D eigenvalue weighted by Crippen LogP contribution is -2.29. The molecule has 0 aliphatic heterocycles. The minimum atomic E-state index is 0.212. The van der Waals surface area contributed by atoms with Crippen LogP contribution in [0.15, 0.2) is 212 Å². The van der Waals surface area contributed by atoms with Gasteiger partial charge in [0.05, 0.1) is 6.04 Å².